The molecule has 8 rings (SSSR count). The van der Waals surface area contributed by atoms with Gasteiger partial charge in [0.1, 0.15) is 0 Å². The lowest BCUT2D eigenvalue weighted by atomic mass is 9.92. The predicted octanol–water partition coefficient (Wildman–Crippen LogP) is 7.57. The lowest BCUT2D eigenvalue weighted by Crippen LogP contribution is -2.42. The Balaban J connectivity index is 0.825. The van der Waals surface area contributed by atoms with Crippen molar-refractivity contribution >= 4 is 51.4 Å². The highest BCUT2D eigenvalue weighted by atomic mass is 32.1. The van der Waals surface area contributed by atoms with E-state index in [-0.39, 0.29) is 29.3 Å². The molecule has 17 heteroatoms. The summed E-state index contributed by atoms with van der Waals surface area (Å²) >= 11 is 1.45. The molecule has 0 saturated carbocycles. The topological polar surface area (TPSA) is 146 Å². The zero-order valence-corrected chi connectivity index (χ0v) is 37.4. The number of nitrogens with one attached hydrogen (secondary N) is 3. The summed E-state index contributed by atoms with van der Waals surface area (Å²) in [6, 6.07) is 9.40. The number of hydrogen-bond acceptors (Lipinski definition) is 10. The number of fused-ring (bicyclic) bond motifs is 2. The largest absolute Gasteiger partial charge is 0.385 e. The minimum Gasteiger partial charge on any atom is -0.385 e. The zero-order valence-electron chi connectivity index (χ0n) is 36.6. The number of unbranched alkanes of at least 4 members (excludes halogenated alkanes) is 2. The summed E-state index contributed by atoms with van der Waals surface area (Å²) in [4.78, 5) is 49.7. The third-order valence-electron chi connectivity index (χ3n) is 12.5. The fourth-order valence-corrected chi connectivity index (χ4v) is 9.81. The number of hydrogen-bond donors (Lipinski definition) is 3. The van der Waals surface area contributed by atoms with Gasteiger partial charge in [0.15, 0.2) is 10.9 Å². The van der Waals surface area contributed by atoms with Gasteiger partial charge in [0, 0.05) is 116 Å². The van der Waals surface area contributed by atoms with Gasteiger partial charge in [-0.1, -0.05) is 0 Å². The Morgan fingerprint density at radius 3 is 2.49 bits per heavy atom. The maximum atomic E-state index is 14.7. The second-order valence-corrected chi connectivity index (χ2v) is 18.3. The van der Waals surface area contributed by atoms with Gasteiger partial charge in [-0.05, 0) is 106 Å². The smallest absolute Gasteiger partial charge is 0.264 e. The lowest BCUT2D eigenvalue weighted by Gasteiger charge is -2.33. The van der Waals surface area contributed by atoms with Crippen LogP contribution in [0.3, 0.4) is 0 Å². The van der Waals surface area contributed by atoms with E-state index in [0.717, 1.165) is 109 Å². The first-order valence-electron chi connectivity index (χ1n) is 22.1. The third kappa shape index (κ3) is 10.1. The summed E-state index contributed by atoms with van der Waals surface area (Å²) in [7, 11) is 1.78. The third-order valence-corrected chi connectivity index (χ3v) is 13.3. The molecule has 14 nitrogen and oxygen atoms in total. The van der Waals surface area contributed by atoms with E-state index in [0.29, 0.717) is 61.0 Å². The fraction of sp³-hybridized carbons (Fsp3) is 0.478. The van der Waals surface area contributed by atoms with Crippen LogP contribution in [-0.4, -0.2) is 97.9 Å². The van der Waals surface area contributed by atoms with E-state index in [4.69, 9.17) is 5.10 Å². The van der Waals surface area contributed by atoms with Crippen LogP contribution in [0.15, 0.2) is 48.9 Å². The van der Waals surface area contributed by atoms with Gasteiger partial charge in [-0.3, -0.25) is 34.0 Å². The highest BCUT2D eigenvalue weighted by molar-refractivity contribution is 7.15. The van der Waals surface area contributed by atoms with Gasteiger partial charge in [0.25, 0.3) is 12.3 Å². The lowest BCUT2D eigenvalue weighted by molar-refractivity contribution is -0.129. The van der Waals surface area contributed by atoms with E-state index in [9.17, 15) is 23.2 Å². The first-order chi connectivity index (χ1) is 30.4. The van der Waals surface area contributed by atoms with Crippen LogP contribution in [0.5, 0.6) is 0 Å². The Bertz CT molecular complexity index is 2450. The van der Waals surface area contributed by atoms with Crippen molar-refractivity contribution in [3.8, 4) is 11.1 Å². The number of carbonyl (C=O) groups is 3. The maximum Gasteiger partial charge on any atom is 0.264 e. The molecule has 63 heavy (non-hydrogen) atoms. The predicted molar refractivity (Wildman–Crippen MR) is 242 cm³/mol. The van der Waals surface area contributed by atoms with Crippen LogP contribution in [0.4, 0.5) is 31.1 Å². The average Bonchev–Trinajstić information content (AvgIpc) is 4.00. The van der Waals surface area contributed by atoms with E-state index in [2.05, 4.69) is 40.5 Å². The molecule has 2 aromatic carbocycles. The van der Waals surface area contributed by atoms with Crippen molar-refractivity contribution in [2.24, 2.45) is 7.05 Å². The van der Waals surface area contributed by atoms with Gasteiger partial charge in [-0.15, -0.1) is 11.3 Å². The molecule has 3 aromatic heterocycles. The van der Waals surface area contributed by atoms with Gasteiger partial charge in [0.2, 0.25) is 11.8 Å². The van der Waals surface area contributed by atoms with Crippen LogP contribution in [0, 0.1) is 13.8 Å². The van der Waals surface area contributed by atoms with Crippen LogP contribution in [-0.2, 0) is 36.0 Å². The molecule has 0 bridgehead atoms. The van der Waals surface area contributed by atoms with Gasteiger partial charge >= 0.3 is 0 Å². The van der Waals surface area contributed by atoms with Crippen molar-refractivity contribution in [2.45, 2.75) is 91.1 Å². The van der Waals surface area contributed by atoms with Crippen LogP contribution < -0.4 is 20.9 Å². The fourth-order valence-electron chi connectivity index (χ4n) is 9.15. The highest BCUT2D eigenvalue weighted by Crippen LogP contribution is 2.43. The number of benzene rings is 2. The summed E-state index contributed by atoms with van der Waals surface area (Å²) in [6.07, 6.45) is 9.21. The Hall–Kier alpha value is -5.68. The van der Waals surface area contributed by atoms with Crippen LogP contribution in [0.2, 0.25) is 0 Å². The van der Waals surface area contributed by atoms with E-state index in [1.165, 1.54) is 11.3 Å². The van der Waals surface area contributed by atoms with Crippen LogP contribution >= 0.6 is 11.3 Å². The normalized spacial score (nSPS) is 15.7. The summed E-state index contributed by atoms with van der Waals surface area (Å²) in [6.45, 7) is 10.4. The Morgan fingerprint density at radius 2 is 1.78 bits per heavy atom. The summed E-state index contributed by atoms with van der Waals surface area (Å²) < 4.78 is 33.1. The summed E-state index contributed by atoms with van der Waals surface area (Å²) in [5.41, 5.74) is 7.45. The second-order valence-electron chi connectivity index (χ2n) is 17.0. The molecule has 3 amide bonds. The molecule has 6 heterocycles. The molecule has 0 aliphatic carbocycles. The quantitative estimate of drug-likeness (QED) is 0.0907. The van der Waals surface area contributed by atoms with Crippen molar-refractivity contribution in [3.63, 3.8) is 0 Å². The number of carbonyl (C=O) groups excluding carboxylic acids is 3. The molecule has 3 aliphatic rings. The van der Waals surface area contributed by atoms with Crippen molar-refractivity contribution in [1.29, 1.82) is 0 Å². The first kappa shape index (κ1) is 43.9. The highest BCUT2D eigenvalue weighted by Gasteiger charge is 2.35. The van der Waals surface area contributed by atoms with Gasteiger partial charge < -0.3 is 20.4 Å². The molecule has 3 aliphatic heterocycles. The number of nitrogens with zero attached hydrogens (tertiary/aromatic N) is 8. The van der Waals surface area contributed by atoms with Crippen molar-refractivity contribution in [1.82, 2.24) is 39.7 Å². The maximum absolute atomic E-state index is 14.7. The number of halogens is 2. The molecule has 0 atom stereocenters. The number of thiazole rings is 1. The Labute approximate surface area is 371 Å². The minimum atomic E-state index is -2.67. The number of likely N-dealkylation sites (tertiary alicyclic amines) is 1. The number of anilines is 4. The zero-order chi connectivity index (χ0) is 44.2. The van der Waals surface area contributed by atoms with Crippen LogP contribution in [0.1, 0.15) is 101 Å². The molecular weight excluding hydrogens is 825 g/mol. The number of aryl methyl sites for hydroxylation is 4. The number of piperidine rings is 1. The van der Waals surface area contributed by atoms with Crippen molar-refractivity contribution in [3.05, 3.63) is 87.3 Å². The number of aromatic nitrogens is 5. The molecule has 1 saturated heterocycles. The van der Waals surface area contributed by atoms with Gasteiger partial charge in [-0.2, -0.15) is 10.2 Å². The van der Waals surface area contributed by atoms with E-state index in [1.54, 1.807) is 43.3 Å². The molecule has 5 aromatic rings. The number of alkyl halides is 2. The molecule has 1 fully saturated rings. The van der Waals surface area contributed by atoms with Gasteiger partial charge in [-0.25, -0.2) is 13.8 Å². The van der Waals surface area contributed by atoms with Gasteiger partial charge in [0.05, 0.1) is 25.3 Å². The average molecular weight is 882 g/mol. The summed E-state index contributed by atoms with van der Waals surface area (Å²) in [5, 5.41) is 19.5. The molecular formula is C46H57F2N11O3S. The van der Waals surface area contributed by atoms with E-state index < -0.39 is 6.43 Å². The standard InChI is InChI=1S/C46H57F2N11O3S/c1-29-21-34(10-11-36(29)45(62)53-46-51-24-30(2)63-46)49-15-6-5-7-16-50-42(61)28-56-18-12-35(13-19-56)59-40-14-20-57(31(3)60)27-39(40)44(54-59)58-17-8-9-32-22-37(33-25-52-55(4)26-33)38(43(47)48)23-41(32)58/h10-11,21-26,35,43,49H,5-9,12-20,27-28H2,1-4H3,(H,50,61)(H,51,53,62). The molecule has 0 spiro atoms. The molecule has 0 unspecified atom stereocenters. The first-order valence-corrected chi connectivity index (χ1v) is 22.9. The van der Waals surface area contributed by atoms with E-state index in [1.807, 2.05) is 43.0 Å². The van der Waals surface area contributed by atoms with Crippen LogP contribution in [0.25, 0.3) is 11.1 Å². The van der Waals surface area contributed by atoms with E-state index >= 15 is 0 Å². The SMILES string of the molecule is CC(=O)N1CCc2c(c(N3CCCc4cc(-c5cnn(C)c5)c(C(F)F)cc43)nn2C2CCN(CC(=O)NCCCCCNc3ccc(C(=O)Nc4ncc(C)s4)c(C)c3)CC2)C1. The van der Waals surface area contributed by atoms with Crippen molar-refractivity contribution < 1.29 is 23.2 Å². The Morgan fingerprint density at radius 1 is 0.968 bits per heavy atom. The monoisotopic (exact) mass is 881 g/mol. The van der Waals surface area contributed by atoms with Crippen molar-refractivity contribution in [2.75, 3.05) is 61.3 Å². The molecule has 0 radical (unpaired) electrons. The minimum absolute atomic E-state index is 0.00289. The Kier molecular flexibility index (Phi) is 13.5. The number of amides is 3. The molecule has 334 valence electrons. The number of rotatable bonds is 15. The molecule has 3 N–H and O–H groups in total. The summed E-state index contributed by atoms with van der Waals surface area (Å²) in [5.74, 6) is 0.609. The second kappa shape index (κ2) is 19.4.